The SMILES string of the molecule is N#Cc1cccc(C2C=C(C(F)(F)F)NC3=C2C(=O)CCC3)c1. The summed E-state index contributed by atoms with van der Waals surface area (Å²) in [7, 11) is 0. The first kappa shape index (κ1) is 15.3. The van der Waals surface area contributed by atoms with Crippen LogP contribution in [0, 0.1) is 11.3 Å². The largest absolute Gasteiger partial charge is 0.430 e. The van der Waals surface area contributed by atoms with Gasteiger partial charge in [0.1, 0.15) is 5.70 Å². The number of nitriles is 1. The van der Waals surface area contributed by atoms with E-state index in [0.29, 0.717) is 41.7 Å². The van der Waals surface area contributed by atoms with Crippen LogP contribution in [0.4, 0.5) is 13.2 Å². The molecule has 0 fully saturated rings. The fourth-order valence-corrected chi connectivity index (χ4v) is 3.04. The molecule has 1 aliphatic carbocycles. The molecule has 1 heterocycles. The van der Waals surface area contributed by atoms with Crippen molar-refractivity contribution in [2.45, 2.75) is 31.4 Å². The summed E-state index contributed by atoms with van der Waals surface area (Å²) in [6.45, 7) is 0. The summed E-state index contributed by atoms with van der Waals surface area (Å²) in [5.41, 5.74) is 0.768. The normalized spacial score (nSPS) is 21.2. The molecule has 118 valence electrons. The Morgan fingerprint density at radius 3 is 2.74 bits per heavy atom. The predicted octanol–water partition coefficient (Wildman–Crippen LogP) is 3.70. The van der Waals surface area contributed by atoms with E-state index in [2.05, 4.69) is 5.32 Å². The third-order valence-electron chi connectivity index (χ3n) is 4.07. The van der Waals surface area contributed by atoms with Gasteiger partial charge in [0.05, 0.1) is 11.6 Å². The average Bonchev–Trinajstić information content (AvgIpc) is 2.53. The van der Waals surface area contributed by atoms with Crippen molar-refractivity contribution in [1.29, 1.82) is 5.26 Å². The quantitative estimate of drug-likeness (QED) is 0.859. The summed E-state index contributed by atoms with van der Waals surface area (Å²) in [6.07, 6.45) is -2.17. The van der Waals surface area contributed by atoms with Crippen LogP contribution in [0.15, 0.2) is 47.3 Å². The maximum atomic E-state index is 13.1. The van der Waals surface area contributed by atoms with Gasteiger partial charge in [-0.2, -0.15) is 18.4 Å². The summed E-state index contributed by atoms with van der Waals surface area (Å²) < 4.78 is 39.4. The molecule has 1 aromatic rings. The highest BCUT2D eigenvalue weighted by molar-refractivity contribution is 5.99. The number of benzene rings is 1. The van der Waals surface area contributed by atoms with E-state index in [1.165, 1.54) is 6.07 Å². The number of alkyl halides is 3. The van der Waals surface area contributed by atoms with Gasteiger partial charge < -0.3 is 5.32 Å². The van der Waals surface area contributed by atoms with Crippen molar-refractivity contribution in [2.75, 3.05) is 0 Å². The molecule has 2 aliphatic rings. The van der Waals surface area contributed by atoms with Gasteiger partial charge in [-0.15, -0.1) is 0 Å². The first-order valence-electron chi connectivity index (χ1n) is 7.22. The zero-order chi connectivity index (χ0) is 16.6. The van der Waals surface area contributed by atoms with Crippen LogP contribution < -0.4 is 5.32 Å². The van der Waals surface area contributed by atoms with Crippen LogP contribution in [0.3, 0.4) is 0 Å². The number of allylic oxidation sites excluding steroid dienone is 4. The zero-order valence-electron chi connectivity index (χ0n) is 12.1. The number of hydrogen-bond donors (Lipinski definition) is 1. The second-order valence-corrected chi connectivity index (χ2v) is 5.59. The Kier molecular flexibility index (Phi) is 3.72. The van der Waals surface area contributed by atoms with E-state index in [0.717, 1.165) is 6.08 Å². The molecule has 0 saturated heterocycles. The Labute approximate surface area is 131 Å². The third kappa shape index (κ3) is 2.87. The van der Waals surface area contributed by atoms with Crippen molar-refractivity contribution in [1.82, 2.24) is 5.32 Å². The van der Waals surface area contributed by atoms with Crippen LogP contribution in [0.1, 0.15) is 36.3 Å². The van der Waals surface area contributed by atoms with Gasteiger partial charge in [-0.05, 0) is 36.6 Å². The first-order chi connectivity index (χ1) is 10.9. The number of carbonyl (C=O) groups is 1. The van der Waals surface area contributed by atoms with Gasteiger partial charge in [-0.25, -0.2) is 0 Å². The lowest BCUT2D eigenvalue weighted by Crippen LogP contribution is -2.34. The Morgan fingerprint density at radius 1 is 1.26 bits per heavy atom. The van der Waals surface area contributed by atoms with E-state index >= 15 is 0 Å². The van der Waals surface area contributed by atoms with Gasteiger partial charge in [0, 0.05) is 23.6 Å². The number of nitrogens with zero attached hydrogens (tertiary/aromatic N) is 1. The topological polar surface area (TPSA) is 52.9 Å². The van der Waals surface area contributed by atoms with Crippen LogP contribution in [0.25, 0.3) is 0 Å². The second kappa shape index (κ2) is 5.58. The fraction of sp³-hybridized carbons (Fsp3) is 0.294. The molecule has 6 heteroatoms. The monoisotopic (exact) mass is 318 g/mol. The Balaban J connectivity index is 2.13. The van der Waals surface area contributed by atoms with E-state index in [4.69, 9.17) is 5.26 Å². The summed E-state index contributed by atoms with van der Waals surface area (Å²) in [5, 5.41) is 11.4. The number of hydrogen-bond acceptors (Lipinski definition) is 3. The van der Waals surface area contributed by atoms with Crippen molar-refractivity contribution in [3.8, 4) is 6.07 Å². The number of halogens is 3. The van der Waals surface area contributed by atoms with E-state index in [1.807, 2.05) is 6.07 Å². The molecular formula is C17H13F3N2O. The lowest BCUT2D eigenvalue weighted by molar-refractivity contribution is -0.116. The van der Waals surface area contributed by atoms with Crippen molar-refractivity contribution < 1.29 is 18.0 Å². The maximum absolute atomic E-state index is 13.1. The predicted molar refractivity (Wildman–Crippen MR) is 77.1 cm³/mol. The number of ketones is 1. The van der Waals surface area contributed by atoms with Crippen LogP contribution in [0.2, 0.25) is 0 Å². The standard InChI is InChI=1S/C17H13F3N2O/c18-17(19,20)15-8-12(11-4-1-3-10(7-11)9-21)16-13(22-15)5-2-6-14(16)23/h1,3-4,7-8,12,22H,2,5-6H2. The van der Waals surface area contributed by atoms with E-state index < -0.39 is 17.8 Å². The number of Topliss-reactive ketones (excluding diaryl/α,β-unsaturated/α-hetero) is 1. The summed E-state index contributed by atoms with van der Waals surface area (Å²) >= 11 is 0. The van der Waals surface area contributed by atoms with Crippen molar-refractivity contribution in [3.05, 3.63) is 58.4 Å². The average molecular weight is 318 g/mol. The maximum Gasteiger partial charge on any atom is 0.430 e. The summed E-state index contributed by atoms with van der Waals surface area (Å²) in [4.78, 5) is 12.2. The van der Waals surface area contributed by atoms with Crippen LogP contribution in [0.5, 0.6) is 0 Å². The molecule has 0 spiro atoms. The molecule has 3 rings (SSSR count). The molecule has 0 radical (unpaired) electrons. The molecule has 0 amide bonds. The molecular weight excluding hydrogens is 305 g/mol. The number of nitrogens with one attached hydrogen (secondary N) is 1. The van der Waals surface area contributed by atoms with Gasteiger partial charge in [-0.3, -0.25) is 4.79 Å². The smallest absolute Gasteiger partial charge is 0.355 e. The molecule has 1 N–H and O–H groups in total. The summed E-state index contributed by atoms with van der Waals surface area (Å²) in [5.74, 6) is -0.910. The summed E-state index contributed by atoms with van der Waals surface area (Å²) in [6, 6.07) is 8.35. The second-order valence-electron chi connectivity index (χ2n) is 5.59. The van der Waals surface area contributed by atoms with Gasteiger partial charge >= 0.3 is 6.18 Å². The minimum atomic E-state index is -4.51. The molecule has 1 atom stereocenters. The first-order valence-corrected chi connectivity index (χ1v) is 7.22. The molecule has 3 nitrogen and oxygen atoms in total. The Morgan fingerprint density at radius 2 is 2.04 bits per heavy atom. The molecule has 0 bridgehead atoms. The molecule has 0 saturated carbocycles. The minimum absolute atomic E-state index is 0.136. The lowest BCUT2D eigenvalue weighted by atomic mass is 9.79. The highest BCUT2D eigenvalue weighted by Gasteiger charge is 2.40. The molecule has 1 aliphatic heterocycles. The highest BCUT2D eigenvalue weighted by Crippen LogP contribution is 2.40. The Hall–Kier alpha value is -2.55. The van der Waals surface area contributed by atoms with Gasteiger partial charge in [0.25, 0.3) is 0 Å². The minimum Gasteiger partial charge on any atom is -0.355 e. The molecule has 1 unspecified atom stereocenters. The van der Waals surface area contributed by atoms with Gasteiger partial charge in [0.2, 0.25) is 0 Å². The van der Waals surface area contributed by atoms with E-state index in [1.54, 1.807) is 18.2 Å². The number of dihydropyridines is 1. The van der Waals surface area contributed by atoms with Crippen LogP contribution in [-0.4, -0.2) is 12.0 Å². The van der Waals surface area contributed by atoms with Gasteiger partial charge in [-0.1, -0.05) is 12.1 Å². The molecule has 0 aromatic heterocycles. The van der Waals surface area contributed by atoms with Crippen LogP contribution in [-0.2, 0) is 4.79 Å². The van der Waals surface area contributed by atoms with Crippen molar-refractivity contribution in [2.24, 2.45) is 0 Å². The third-order valence-corrected chi connectivity index (χ3v) is 4.07. The van der Waals surface area contributed by atoms with E-state index in [-0.39, 0.29) is 5.78 Å². The molecule has 1 aromatic carbocycles. The van der Waals surface area contributed by atoms with Gasteiger partial charge in [0.15, 0.2) is 5.78 Å². The zero-order valence-corrected chi connectivity index (χ0v) is 12.1. The molecule has 23 heavy (non-hydrogen) atoms. The number of carbonyl (C=O) groups excluding carboxylic acids is 1. The Bertz CT molecular complexity index is 769. The highest BCUT2D eigenvalue weighted by atomic mass is 19.4. The van der Waals surface area contributed by atoms with Crippen LogP contribution >= 0.6 is 0 Å². The fourth-order valence-electron chi connectivity index (χ4n) is 3.04. The van der Waals surface area contributed by atoms with Crippen molar-refractivity contribution in [3.63, 3.8) is 0 Å². The van der Waals surface area contributed by atoms with E-state index in [9.17, 15) is 18.0 Å². The van der Waals surface area contributed by atoms with Crippen molar-refractivity contribution >= 4 is 5.78 Å². The number of rotatable bonds is 1. The lowest BCUT2D eigenvalue weighted by Gasteiger charge is -2.32.